The van der Waals surface area contributed by atoms with Crippen molar-refractivity contribution in [3.8, 4) is 0 Å². The maximum absolute atomic E-state index is 12.3. The Bertz CT molecular complexity index is 415. The van der Waals surface area contributed by atoms with Crippen LogP contribution < -0.4 is 0 Å². The van der Waals surface area contributed by atoms with Crippen LogP contribution in [0.15, 0.2) is 36.4 Å². The lowest BCUT2D eigenvalue weighted by Crippen LogP contribution is -2.07. The molecule has 1 aromatic rings. The van der Waals surface area contributed by atoms with Gasteiger partial charge in [-0.25, -0.2) is 0 Å². The topological polar surface area (TPSA) is 17.1 Å². The van der Waals surface area contributed by atoms with Crippen molar-refractivity contribution < 1.29 is 18.0 Å². The summed E-state index contributed by atoms with van der Waals surface area (Å²) in [6, 6.07) is 4.19. The molecule has 1 nitrogen and oxygen atoms in total. The summed E-state index contributed by atoms with van der Waals surface area (Å²) < 4.78 is 36.9. The third-order valence-electron chi connectivity index (χ3n) is 2.35. The van der Waals surface area contributed by atoms with Crippen LogP contribution in [-0.2, 0) is 6.18 Å². The number of ketones is 1. The van der Waals surface area contributed by atoms with Gasteiger partial charge in [-0.05, 0) is 24.1 Å². The van der Waals surface area contributed by atoms with E-state index in [1.165, 1.54) is 12.1 Å². The summed E-state index contributed by atoms with van der Waals surface area (Å²) in [5, 5.41) is 0. The largest absolute Gasteiger partial charge is 0.416 e. The molecule has 0 aliphatic rings. The van der Waals surface area contributed by atoms with E-state index in [1.807, 2.05) is 6.92 Å². The van der Waals surface area contributed by atoms with Crippen LogP contribution in [0.25, 0.3) is 0 Å². The van der Waals surface area contributed by atoms with Gasteiger partial charge in [0.1, 0.15) is 0 Å². The number of Topliss-reactive ketones (excluding diaryl/α,β-unsaturated/α-hetero) is 1. The molecule has 0 fully saturated rings. The van der Waals surface area contributed by atoms with Crippen LogP contribution in [-0.4, -0.2) is 5.78 Å². The van der Waals surface area contributed by atoms with E-state index in [4.69, 9.17) is 0 Å². The van der Waals surface area contributed by atoms with Gasteiger partial charge in [0, 0.05) is 5.56 Å². The first-order valence-electron chi connectivity index (χ1n) is 5.26. The van der Waals surface area contributed by atoms with Crippen molar-refractivity contribution in [2.24, 2.45) is 0 Å². The molecule has 92 valence electrons. The molecule has 1 rings (SSSR count). The van der Waals surface area contributed by atoms with Crippen LogP contribution in [0, 0.1) is 0 Å². The number of benzene rings is 1. The Kier molecular flexibility index (Phi) is 4.10. The van der Waals surface area contributed by atoms with E-state index in [2.05, 4.69) is 6.58 Å². The standard InChI is InChI=1S/C13H13F3O/c1-3-4-9(2)12(17)10-5-7-11(8-6-10)13(14,15)16/h5-8H,2-4H2,1H3. The van der Waals surface area contributed by atoms with Gasteiger partial charge >= 0.3 is 6.18 Å². The Labute approximate surface area is 98.0 Å². The van der Waals surface area contributed by atoms with Crippen LogP contribution in [0.4, 0.5) is 13.2 Å². The lowest BCUT2D eigenvalue weighted by molar-refractivity contribution is -0.137. The second kappa shape index (κ2) is 5.17. The zero-order valence-electron chi connectivity index (χ0n) is 9.47. The zero-order valence-corrected chi connectivity index (χ0v) is 9.47. The summed E-state index contributed by atoms with van der Waals surface area (Å²) in [7, 11) is 0. The number of rotatable bonds is 4. The van der Waals surface area contributed by atoms with Gasteiger partial charge < -0.3 is 0 Å². The molecule has 1 aromatic carbocycles. The Hall–Kier alpha value is -1.58. The van der Waals surface area contributed by atoms with Gasteiger partial charge in [-0.3, -0.25) is 4.79 Å². The molecule has 17 heavy (non-hydrogen) atoms. The monoisotopic (exact) mass is 242 g/mol. The molecule has 0 radical (unpaired) electrons. The maximum atomic E-state index is 12.3. The minimum atomic E-state index is -4.37. The summed E-state index contributed by atoms with van der Waals surface area (Å²) in [5.74, 6) is -0.291. The first kappa shape index (κ1) is 13.5. The summed E-state index contributed by atoms with van der Waals surface area (Å²) in [4.78, 5) is 11.7. The normalized spacial score (nSPS) is 11.3. The summed E-state index contributed by atoms with van der Waals surface area (Å²) in [6.45, 7) is 5.53. The van der Waals surface area contributed by atoms with Crippen molar-refractivity contribution >= 4 is 5.78 Å². The minimum absolute atomic E-state index is 0.247. The highest BCUT2D eigenvalue weighted by atomic mass is 19.4. The molecule has 0 aliphatic heterocycles. The number of hydrogen-bond donors (Lipinski definition) is 0. The fourth-order valence-electron chi connectivity index (χ4n) is 1.43. The van der Waals surface area contributed by atoms with Crippen molar-refractivity contribution in [1.29, 1.82) is 0 Å². The van der Waals surface area contributed by atoms with Gasteiger partial charge in [0.2, 0.25) is 0 Å². The van der Waals surface area contributed by atoms with E-state index in [9.17, 15) is 18.0 Å². The summed E-state index contributed by atoms with van der Waals surface area (Å²) in [6.07, 6.45) is -3.03. The highest BCUT2D eigenvalue weighted by Crippen LogP contribution is 2.29. The first-order chi connectivity index (χ1) is 7.86. The second-order valence-electron chi connectivity index (χ2n) is 3.76. The third-order valence-corrected chi connectivity index (χ3v) is 2.35. The lowest BCUT2D eigenvalue weighted by atomic mass is 10.0. The van der Waals surface area contributed by atoms with Crippen molar-refractivity contribution in [3.05, 3.63) is 47.5 Å². The van der Waals surface area contributed by atoms with E-state index in [-0.39, 0.29) is 11.3 Å². The molecule has 0 amide bonds. The molecule has 0 atom stereocenters. The van der Waals surface area contributed by atoms with Gasteiger partial charge in [0.25, 0.3) is 0 Å². The van der Waals surface area contributed by atoms with Crippen LogP contribution >= 0.6 is 0 Å². The molecule has 0 bridgehead atoms. The Balaban J connectivity index is 2.88. The molecular weight excluding hydrogens is 229 g/mol. The molecule has 0 unspecified atom stereocenters. The number of alkyl halides is 3. The van der Waals surface area contributed by atoms with E-state index in [0.717, 1.165) is 18.6 Å². The number of halogens is 3. The quantitative estimate of drug-likeness (QED) is 0.570. The van der Waals surface area contributed by atoms with Gasteiger partial charge in [0.05, 0.1) is 5.56 Å². The van der Waals surface area contributed by atoms with Crippen LogP contribution in [0.2, 0.25) is 0 Å². The second-order valence-corrected chi connectivity index (χ2v) is 3.76. The molecular formula is C13H13F3O. The SMILES string of the molecule is C=C(CCC)C(=O)c1ccc(C(F)(F)F)cc1. The predicted octanol–water partition coefficient (Wildman–Crippen LogP) is 4.24. The predicted molar refractivity (Wildman–Crippen MR) is 59.8 cm³/mol. The fraction of sp³-hybridized carbons (Fsp3) is 0.308. The van der Waals surface area contributed by atoms with Crippen LogP contribution in [0.3, 0.4) is 0 Å². The molecule has 0 saturated heterocycles. The maximum Gasteiger partial charge on any atom is 0.416 e. The van der Waals surface area contributed by atoms with Gasteiger partial charge in [-0.1, -0.05) is 32.1 Å². The highest BCUT2D eigenvalue weighted by Gasteiger charge is 2.30. The zero-order chi connectivity index (χ0) is 13.1. The van der Waals surface area contributed by atoms with Crippen molar-refractivity contribution in [3.63, 3.8) is 0 Å². The Morgan fingerprint density at radius 3 is 2.18 bits per heavy atom. The smallest absolute Gasteiger partial charge is 0.289 e. The van der Waals surface area contributed by atoms with E-state index < -0.39 is 11.7 Å². The van der Waals surface area contributed by atoms with Gasteiger partial charge in [-0.15, -0.1) is 0 Å². The van der Waals surface area contributed by atoms with Crippen LogP contribution in [0.5, 0.6) is 0 Å². The Morgan fingerprint density at radius 1 is 1.24 bits per heavy atom. The molecule has 0 aliphatic carbocycles. The molecule has 0 saturated carbocycles. The summed E-state index contributed by atoms with van der Waals surface area (Å²) in [5.41, 5.74) is -0.0844. The van der Waals surface area contributed by atoms with Crippen molar-refractivity contribution in [1.82, 2.24) is 0 Å². The fourth-order valence-corrected chi connectivity index (χ4v) is 1.43. The minimum Gasteiger partial charge on any atom is -0.289 e. The molecule has 0 N–H and O–H groups in total. The van der Waals surface area contributed by atoms with Crippen LogP contribution in [0.1, 0.15) is 35.7 Å². The molecule has 0 heterocycles. The number of carbonyl (C=O) groups excluding carboxylic acids is 1. The number of allylic oxidation sites excluding steroid dienone is 1. The van der Waals surface area contributed by atoms with E-state index >= 15 is 0 Å². The number of carbonyl (C=O) groups is 1. The average molecular weight is 242 g/mol. The van der Waals surface area contributed by atoms with Gasteiger partial charge in [0.15, 0.2) is 5.78 Å². The number of hydrogen-bond acceptors (Lipinski definition) is 1. The molecule has 4 heteroatoms. The summed E-state index contributed by atoms with van der Waals surface area (Å²) >= 11 is 0. The van der Waals surface area contributed by atoms with Gasteiger partial charge in [-0.2, -0.15) is 13.2 Å². The van der Waals surface area contributed by atoms with Crippen molar-refractivity contribution in [2.45, 2.75) is 25.9 Å². The first-order valence-corrected chi connectivity index (χ1v) is 5.26. The highest BCUT2D eigenvalue weighted by molar-refractivity contribution is 6.08. The third kappa shape index (κ3) is 3.44. The lowest BCUT2D eigenvalue weighted by Gasteiger charge is -2.07. The molecule has 0 spiro atoms. The average Bonchev–Trinajstić information content (AvgIpc) is 2.27. The molecule has 0 aromatic heterocycles. The van der Waals surface area contributed by atoms with E-state index in [1.54, 1.807) is 0 Å². The Morgan fingerprint density at radius 2 is 1.76 bits per heavy atom. The van der Waals surface area contributed by atoms with Crippen molar-refractivity contribution in [2.75, 3.05) is 0 Å². The van der Waals surface area contributed by atoms with E-state index in [0.29, 0.717) is 12.0 Å².